The molecular formula is C10H11ClN2OS. The van der Waals surface area contributed by atoms with E-state index in [4.69, 9.17) is 21.8 Å². The second kappa shape index (κ2) is 4.79. The van der Waals surface area contributed by atoms with Crippen molar-refractivity contribution in [1.82, 2.24) is 4.98 Å². The lowest BCUT2D eigenvalue weighted by atomic mass is 10.3. The van der Waals surface area contributed by atoms with Crippen LogP contribution in [0.4, 0.5) is 0 Å². The van der Waals surface area contributed by atoms with Gasteiger partial charge >= 0.3 is 0 Å². The highest BCUT2D eigenvalue weighted by Crippen LogP contribution is 2.30. The molecule has 0 spiro atoms. The fraction of sp³-hybridized carbons (Fsp3) is 0.300. The van der Waals surface area contributed by atoms with Crippen molar-refractivity contribution in [2.75, 3.05) is 6.54 Å². The number of rotatable bonds is 4. The van der Waals surface area contributed by atoms with Gasteiger partial charge in [0, 0.05) is 6.42 Å². The first-order chi connectivity index (χ1) is 7.29. The molecule has 0 saturated heterocycles. The molecule has 2 N–H and O–H groups in total. The number of hydrogen-bond donors (Lipinski definition) is 1. The molecule has 5 heteroatoms. The topological polar surface area (TPSA) is 52.0 Å². The van der Waals surface area contributed by atoms with E-state index in [9.17, 15) is 0 Å². The zero-order valence-corrected chi connectivity index (χ0v) is 9.64. The van der Waals surface area contributed by atoms with Gasteiger partial charge in [0.05, 0.1) is 15.4 Å². The van der Waals surface area contributed by atoms with E-state index in [0.29, 0.717) is 12.4 Å². The van der Waals surface area contributed by atoms with Crippen molar-refractivity contribution in [2.45, 2.75) is 12.8 Å². The van der Waals surface area contributed by atoms with Crippen LogP contribution in [0.25, 0.3) is 10.8 Å². The van der Waals surface area contributed by atoms with Crippen LogP contribution in [0.2, 0.25) is 4.34 Å². The summed E-state index contributed by atoms with van der Waals surface area (Å²) in [6.45, 7) is 0.668. The maximum atomic E-state index is 5.83. The van der Waals surface area contributed by atoms with Gasteiger partial charge < -0.3 is 10.2 Å². The Morgan fingerprint density at radius 1 is 1.47 bits per heavy atom. The third-order valence-electron chi connectivity index (χ3n) is 1.96. The highest BCUT2D eigenvalue weighted by molar-refractivity contribution is 7.19. The molecule has 3 nitrogen and oxygen atoms in total. The van der Waals surface area contributed by atoms with Crippen molar-refractivity contribution in [3.8, 4) is 10.8 Å². The zero-order chi connectivity index (χ0) is 10.7. The van der Waals surface area contributed by atoms with Gasteiger partial charge in [-0.2, -0.15) is 0 Å². The first-order valence-electron chi connectivity index (χ1n) is 4.70. The highest BCUT2D eigenvalue weighted by Gasteiger charge is 2.08. The number of nitrogens with zero attached hydrogens (tertiary/aromatic N) is 1. The zero-order valence-electron chi connectivity index (χ0n) is 8.07. The minimum Gasteiger partial charge on any atom is -0.440 e. The van der Waals surface area contributed by atoms with Gasteiger partial charge in [-0.15, -0.1) is 11.3 Å². The molecule has 0 radical (unpaired) electrons. The van der Waals surface area contributed by atoms with Crippen molar-refractivity contribution in [3.63, 3.8) is 0 Å². The molecule has 2 aromatic rings. The largest absolute Gasteiger partial charge is 0.440 e. The molecule has 0 aliphatic rings. The van der Waals surface area contributed by atoms with E-state index in [-0.39, 0.29) is 0 Å². The Labute approximate surface area is 96.9 Å². The molecule has 0 aliphatic heterocycles. The quantitative estimate of drug-likeness (QED) is 0.897. The Hall–Kier alpha value is -0.840. The summed E-state index contributed by atoms with van der Waals surface area (Å²) in [5.41, 5.74) is 5.42. The van der Waals surface area contributed by atoms with Crippen LogP contribution in [0.5, 0.6) is 0 Å². The van der Waals surface area contributed by atoms with Gasteiger partial charge in [0.1, 0.15) is 5.76 Å². The van der Waals surface area contributed by atoms with Crippen LogP contribution in [0, 0.1) is 0 Å². The fourth-order valence-corrected chi connectivity index (χ4v) is 2.22. The Balaban J connectivity index is 2.13. The van der Waals surface area contributed by atoms with Gasteiger partial charge in [0.15, 0.2) is 0 Å². The van der Waals surface area contributed by atoms with E-state index >= 15 is 0 Å². The lowest BCUT2D eigenvalue weighted by Gasteiger charge is -1.91. The predicted octanol–water partition coefficient (Wildman–Crippen LogP) is 2.95. The SMILES string of the molecule is NCCCc1cnc(-c2ccc(Cl)s2)o1. The van der Waals surface area contributed by atoms with Crippen LogP contribution in [-0.2, 0) is 6.42 Å². The maximum Gasteiger partial charge on any atom is 0.236 e. The molecule has 2 rings (SSSR count). The first kappa shape index (κ1) is 10.7. The summed E-state index contributed by atoms with van der Waals surface area (Å²) in [6, 6.07) is 3.75. The van der Waals surface area contributed by atoms with Crippen molar-refractivity contribution >= 4 is 22.9 Å². The average Bonchev–Trinajstić information content (AvgIpc) is 2.83. The second-order valence-corrected chi connectivity index (χ2v) is 4.84. The molecule has 0 saturated carbocycles. The van der Waals surface area contributed by atoms with Crippen LogP contribution in [-0.4, -0.2) is 11.5 Å². The van der Waals surface area contributed by atoms with Crippen LogP contribution in [0.15, 0.2) is 22.7 Å². The predicted molar refractivity (Wildman–Crippen MR) is 62.2 cm³/mol. The average molecular weight is 243 g/mol. The summed E-state index contributed by atoms with van der Waals surface area (Å²) in [5.74, 6) is 1.51. The first-order valence-corrected chi connectivity index (χ1v) is 5.89. The third-order valence-corrected chi connectivity index (χ3v) is 3.18. The highest BCUT2D eigenvalue weighted by atomic mass is 35.5. The Kier molecular flexibility index (Phi) is 3.41. The number of thiophene rings is 1. The summed E-state index contributed by atoms with van der Waals surface area (Å²) in [6.07, 6.45) is 3.50. The Morgan fingerprint density at radius 3 is 3.00 bits per heavy atom. The van der Waals surface area contributed by atoms with Crippen LogP contribution >= 0.6 is 22.9 Å². The Morgan fingerprint density at radius 2 is 2.33 bits per heavy atom. The van der Waals surface area contributed by atoms with Gasteiger partial charge in [-0.3, -0.25) is 0 Å². The molecule has 0 atom stereocenters. The standard InChI is InChI=1S/C10H11ClN2OS/c11-9-4-3-8(15-9)10-13-6-7(14-10)2-1-5-12/h3-4,6H,1-2,5,12H2. The van der Waals surface area contributed by atoms with E-state index in [1.807, 2.05) is 12.1 Å². The van der Waals surface area contributed by atoms with Crippen molar-refractivity contribution in [3.05, 3.63) is 28.4 Å². The molecule has 0 unspecified atom stereocenters. The number of nitrogens with two attached hydrogens (primary N) is 1. The number of hydrogen-bond acceptors (Lipinski definition) is 4. The molecule has 0 fully saturated rings. The second-order valence-electron chi connectivity index (χ2n) is 3.13. The number of oxazole rings is 1. The molecule has 0 aromatic carbocycles. The number of aryl methyl sites for hydroxylation is 1. The van der Waals surface area contributed by atoms with Crippen molar-refractivity contribution in [2.24, 2.45) is 5.73 Å². The van der Waals surface area contributed by atoms with Crippen LogP contribution < -0.4 is 5.73 Å². The normalized spacial score (nSPS) is 10.8. The van der Waals surface area contributed by atoms with E-state index in [2.05, 4.69) is 4.98 Å². The van der Waals surface area contributed by atoms with Gasteiger partial charge in [-0.05, 0) is 25.1 Å². The minimum atomic E-state index is 0.638. The molecule has 2 aromatic heterocycles. The minimum absolute atomic E-state index is 0.638. The van der Waals surface area contributed by atoms with Gasteiger partial charge in [-0.1, -0.05) is 11.6 Å². The molecule has 2 heterocycles. The molecule has 15 heavy (non-hydrogen) atoms. The molecular weight excluding hydrogens is 232 g/mol. The summed E-state index contributed by atoms with van der Waals surface area (Å²) in [4.78, 5) is 5.15. The van der Waals surface area contributed by atoms with E-state index in [1.165, 1.54) is 11.3 Å². The van der Waals surface area contributed by atoms with E-state index in [0.717, 1.165) is 27.8 Å². The summed E-state index contributed by atoms with van der Waals surface area (Å²) in [7, 11) is 0. The van der Waals surface area contributed by atoms with Crippen LogP contribution in [0.3, 0.4) is 0 Å². The van der Waals surface area contributed by atoms with Crippen LogP contribution in [0.1, 0.15) is 12.2 Å². The number of halogens is 1. The Bertz CT molecular complexity index is 438. The van der Waals surface area contributed by atoms with Gasteiger partial charge in [0.2, 0.25) is 5.89 Å². The third kappa shape index (κ3) is 2.59. The lowest BCUT2D eigenvalue weighted by molar-refractivity contribution is 0.512. The lowest BCUT2D eigenvalue weighted by Crippen LogP contribution is -1.99. The monoisotopic (exact) mass is 242 g/mol. The van der Waals surface area contributed by atoms with E-state index < -0.39 is 0 Å². The number of aromatic nitrogens is 1. The summed E-state index contributed by atoms with van der Waals surface area (Å²) in [5, 5.41) is 0. The molecule has 0 amide bonds. The van der Waals surface area contributed by atoms with Gasteiger partial charge in [0.25, 0.3) is 0 Å². The fourth-order valence-electron chi connectivity index (χ4n) is 1.24. The smallest absolute Gasteiger partial charge is 0.236 e. The maximum absolute atomic E-state index is 5.83. The molecule has 0 aliphatic carbocycles. The molecule has 80 valence electrons. The molecule has 0 bridgehead atoms. The summed E-state index contributed by atoms with van der Waals surface area (Å²) >= 11 is 7.30. The van der Waals surface area contributed by atoms with Crippen molar-refractivity contribution < 1.29 is 4.42 Å². The van der Waals surface area contributed by atoms with Gasteiger partial charge in [-0.25, -0.2) is 4.98 Å². The van der Waals surface area contributed by atoms with E-state index in [1.54, 1.807) is 6.20 Å². The van der Waals surface area contributed by atoms with Crippen molar-refractivity contribution in [1.29, 1.82) is 0 Å². The summed E-state index contributed by atoms with van der Waals surface area (Å²) < 4.78 is 6.31.